The predicted molar refractivity (Wildman–Crippen MR) is 293 cm³/mol. The van der Waals surface area contributed by atoms with Crippen LogP contribution in [0.4, 0.5) is 0 Å². The van der Waals surface area contributed by atoms with Gasteiger partial charge in [0.1, 0.15) is 13.2 Å². The lowest BCUT2D eigenvalue weighted by Gasteiger charge is -2.18. The molecule has 0 N–H and O–H groups in total. The van der Waals surface area contributed by atoms with E-state index < -0.39 is 6.10 Å². The maximum Gasteiger partial charge on any atom is 0.306 e. The molecule has 0 aromatic rings. The van der Waals surface area contributed by atoms with Crippen molar-refractivity contribution >= 4 is 17.9 Å². The van der Waals surface area contributed by atoms with Crippen molar-refractivity contribution in [1.82, 2.24) is 0 Å². The van der Waals surface area contributed by atoms with Crippen molar-refractivity contribution in [3.63, 3.8) is 0 Å². The molecular weight excluding hydrogens is 841 g/mol. The average molecular weight is 941 g/mol. The minimum absolute atomic E-state index is 0.113. The van der Waals surface area contributed by atoms with Gasteiger partial charge in [0.25, 0.3) is 0 Å². The first-order chi connectivity index (χ1) is 33.5. The third-order valence-corrected chi connectivity index (χ3v) is 11.2. The minimum Gasteiger partial charge on any atom is -0.462 e. The Morgan fingerprint density at radius 3 is 1.00 bits per heavy atom. The summed E-state index contributed by atoms with van der Waals surface area (Å²) in [6.07, 6.45) is 76.1. The Kier molecular flexibility index (Phi) is 52.0. The molecule has 0 aliphatic heterocycles. The van der Waals surface area contributed by atoms with Crippen LogP contribution in [0.5, 0.6) is 0 Å². The fourth-order valence-electron chi connectivity index (χ4n) is 7.12. The van der Waals surface area contributed by atoms with Crippen molar-refractivity contribution in [3.8, 4) is 0 Å². The third kappa shape index (κ3) is 52.8. The highest BCUT2D eigenvalue weighted by Crippen LogP contribution is 2.13. The van der Waals surface area contributed by atoms with Crippen LogP contribution in [-0.2, 0) is 28.6 Å². The second kappa shape index (κ2) is 55.4. The maximum atomic E-state index is 12.8. The monoisotopic (exact) mass is 941 g/mol. The lowest BCUT2D eigenvalue weighted by molar-refractivity contribution is -0.167. The third-order valence-electron chi connectivity index (χ3n) is 11.2. The lowest BCUT2D eigenvalue weighted by atomic mass is 10.1. The van der Waals surface area contributed by atoms with Crippen LogP contribution in [0.25, 0.3) is 0 Å². The Morgan fingerprint density at radius 2 is 0.618 bits per heavy atom. The fraction of sp³-hybridized carbons (Fsp3) is 0.629. The molecule has 0 saturated heterocycles. The molecule has 0 amide bonds. The van der Waals surface area contributed by atoms with Crippen molar-refractivity contribution in [2.45, 2.75) is 239 Å². The summed E-state index contributed by atoms with van der Waals surface area (Å²) in [5.74, 6) is -0.994. The van der Waals surface area contributed by atoms with E-state index in [1.807, 2.05) is 0 Å². The molecule has 6 heteroatoms. The van der Waals surface area contributed by atoms with Crippen LogP contribution in [0.1, 0.15) is 233 Å². The molecule has 68 heavy (non-hydrogen) atoms. The van der Waals surface area contributed by atoms with Crippen LogP contribution in [0.15, 0.2) is 122 Å². The van der Waals surface area contributed by atoms with Crippen LogP contribution in [-0.4, -0.2) is 37.2 Å². The Hall–Kier alpha value is -4.19. The van der Waals surface area contributed by atoms with E-state index in [4.69, 9.17) is 14.2 Å². The van der Waals surface area contributed by atoms with Gasteiger partial charge < -0.3 is 14.2 Å². The number of carbonyl (C=O) groups is 3. The Labute approximate surface area is 418 Å². The summed E-state index contributed by atoms with van der Waals surface area (Å²) in [5.41, 5.74) is 0. The summed E-state index contributed by atoms with van der Waals surface area (Å²) in [5, 5.41) is 0. The number of unbranched alkanes of at least 4 members (excludes halogenated alkanes) is 18. The Bertz CT molecular complexity index is 1450. The van der Waals surface area contributed by atoms with Crippen molar-refractivity contribution in [2.75, 3.05) is 13.2 Å². The van der Waals surface area contributed by atoms with E-state index in [9.17, 15) is 14.4 Å². The van der Waals surface area contributed by atoms with E-state index in [1.54, 1.807) is 0 Å². The molecule has 0 aromatic carbocycles. The molecule has 0 saturated carbocycles. The molecule has 0 heterocycles. The molecule has 0 radical (unpaired) electrons. The van der Waals surface area contributed by atoms with Crippen molar-refractivity contribution < 1.29 is 28.6 Å². The van der Waals surface area contributed by atoms with E-state index in [2.05, 4.69) is 142 Å². The normalized spacial score (nSPS) is 13.0. The zero-order valence-electron chi connectivity index (χ0n) is 43.8. The van der Waals surface area contributed by atoms with Gasteiger partial charge in [0.15, 0.2) is 6.10 Å². The van der Waals surface area contributed by atoms with E-state index >= 15 is 0 Å². The van der Waals surface area contributed by atoms with E-state index in [-0.39, 0.29) is 37.5 Å². The molecule has 6 nitrogen and oxygen atoms in total. The van der Waals surface area contributed by atoms with Gasteiger partial charge >= 0.3 is 17.9 Å². The first-order valence-corrected chi connectivity index (χ1v) is 27.6. The molecule has 1 unspecified atom stereocenters. The van der Waals surface area contributed by atoms with Gasteiger partial charge in [-0.25, -0.2) is 0 Å². The van der Waals surface area contributed by atoms with Crippen molar-refractivity contribution in [3.05, 3.63) is 122 Å². The number of rotatable bonds is 48. The zero-order chi connectivity index (χ0) is 49.3. The van der Waals surface area contributed by atoms with Crippen molar-refractivity contribution in [1.29, 1.82) is 0 Å². The second-order valence-corrected chi connectivity index (χ2v) is 17.8. The van der Waals surface area contributed by atoms with Gasteiger partial charge in [0.05, 0.1) is 0 Å². The van der Waals surface area contributed by atoms with Gasteiger partial charge in [-0.3, -0.25) is 14.4 Å². The summed E-state index contributed by atoms with van der Waals surface area (Å²) in [7, 11) is 0. The van der Waals surface area contributed by atoms with Gasteiger partial charge in [-0.1, -0.05) is 213 Å². The van der Waals surface area contributed by atoms with E-state index in [1.165, 1.54) is 51.4 Å². The van der Waals surface area contributed by atoms with Crippen LogP contribution in [0.3, 0.4) is 0 Å². The number of carbonyl (C=O) groups excluding carboxylic acids is 3. The summed E-state index contributed by atoms with van der Waals surface area (Å²) in [4.78, 5) is 38.1. The van der Waals surface area contributed by atoms with Crippen LogP contribution in [0.2, 0.25) is 0 Å². The second-order valence-electron chi connectivity index (χ2n) is 17.8. The number of allylic oxidation sites excluding steroid dienone is 20. The first-order valence-electron chi connectivity index (χ1n) is 27.6. The molecule has 0 fully saturated rings. The zero-order valence-corrected chi connectivity index (χ0v) is 43.8. The van der Waals surface area contributed by atoms with E-state index in [0.29, 0.717) is 19.3 Å². The molecule has 0 rings (SSSR count). The molecular formula is C62H100O6. The van der Waals surface area contributed by atoms with Crippen LogP contribution >= 0.6 is 0 Å². The predicted octanol–water partition coefficient (Wildman–Crippen LogP) is 18.5. The molecule has 0 spiro atoms. The molecule has 0 aromatic heterocycles. The largest absolute Gasteiger partial charge is 0.462 e. The van der Waals surface area contributed by atoms with Gasteiger partial charge in [0.2, 0.25) is 0 Å². The highest BCUT2D eigenvalue weighted by Gasteiger charge is 2.19. The van der Waals surface area contributed by atoms with Crippen LogP contribution < -0.4 is 0 Å². The number of ether oxygens (including phenoxy) is 3. The Morgan fingerprint density at radius 1 is 0.324 bits per heavy atom. The quantitative estimate of drug-likeness (QED) is 0.0199. The summed E-state index contributed by atoms with van der Waals surface area (Å²) in [6.45, 7) is 6.33. The SMILES string of the molecule is CC/C=C\C/C=C\C/C=C\C/C=C\CCCCCC(=O)OCC(COC(=O)CCCCCCC/C=C\C=C/CCCCCCCCC)OC(=O)CCCCC/C=C\C/C=C\C/C=C\C/C=C\CC. The summed E-state index contributed by atoms with van der Waals surface area (Å²) < 4.78 is 16.8. The highest BCUT2D eigenvalue weighted by atomic mass is 16.6. The van der Waals surface area contributed by atoms with Crippen LogP contribution in [0, 0.1) is 0 Å². The van der Waals surface area contributed by atoms with Gasteiger partial charge in [-0.05, 0) is 122 Å². The summed E-state index contributed by atoms with van der Waals surface area (Å²) >= 11 is 0. The van der Waals surface area contributed by atoms with Gasteiger partial charge in [-0.15, -0.1) is 0 Å². The smallest absolute Gasteiger partial charge is 0.306 e. The van der Waals surface area contributed by atoms with Gasteiger partial charge in [0, 0.05) is 19.3 Å². The molecule has 0 bridgehead atoms. The topological polar surface area (TPSA) is 78.9 Å². The van der Waals surface area contributed by atoms with Gasteiger partial charge in [-0.2, -0.15) is 0 Å². The van der Waals surface area contributed by atoms with Crippen molar-refractivity contribution in [2.24, 2.45) is 0 Å². The number of hydrogen-bond acceptors (Lipinski definition) is 6. The highest BCUT2D eigenvalue weighted by molar-refractivity contribution is 5.71. The number of hydrogen-bond donors (Lipinski definition) is 0. The first kappa shape index (κ1) is 63.8. The van der Waals surface area contributed by atoms with E-state index in [0.717, 1.165) is 135 Å². The maximum absolute atomic E-state index is 12.8. The molecule has 1 atom stereocenters. The fourth-order valence-corrected chi connectivity index (χ4v) is 7.12. The lowest BCUT2D eigenvalue weighted by Crippen LogP contribution is -2.30. The number of esters is 3. The minimum atomic E-state index is -0.818. The average Bonchev–Trinajstić information content (AvgIpc) is 3.34. The molecule has 0 aliphatic rings. The standard InChI is InChI=1S/C62H100O6/c1-4-7-10-13-16-19-22-25-28-31-32-35-37-40-43-46-49-52-55-61(64)67-58-59(68-62(65)56-53-50-47-44-41-38-34-30-27-24-21-18-15-12-9-6-3)57-66-60(63)54-51-48-45-42-39-36-33-29-26-23-20-17-14-11-8-5-2/h8-9,11-12,17-18,20-21,26-32,35-36,38-39,41,59H,4-7,10,13-16,19,22-25,33-34,37,40,42-58H2,1-3H3/b11-8-,12-9-,20-17-,21-18-,29-26-,30-27-,31-28-,35-32-,39-36-,41-38-. The molecule has 384 valence electrons. The molecule has 0 aliphatic carbocycles. The summed E-state index contributed by atoms with van der Waals surface area (Å²) in [6, 6.07) is 0. The Balaban J connectivity index is 4.54.